The second-order valence-corrected chi connectivity index (χ2v) is 4.51. The number of carbonyl (C=O) groups is 2. The van der Waals surface area contributed by atoms with Crippen LogP contribution in [0.25, 0.3) is 0 Å². The number of ketones is 1. The van der Waals surface area contributed by atoms with Crippen molar-refractivity contribution < 1.29 is 32.2 Å². The van der Waals surface area contributed by atoms with Crippen molar-refractivity contribution in [1.29, 1.82) is 0 Å². The van der Waals surface area contributed by atoms with Gasteiger partial charge in [0.1, 0.15) is 5.75 Å². The summed E-state index contributed by atoms with van der Waals surface area (Å²) in [7, 11) is 0. The van der Waals surface area contributed by atoms with E-state index in [0.29, 0.717) is 0 Å². The molecule has 0 fully saturated rings. The van der Waals surface area contributed by atoms with Crippen LogP contribution in [0.4, 0.5) is 13.2 Å². The van der Waals surface area contributed by atoms with E-state index in [-0.39, 0.29) is 5.56 Å². The Labute approximate surface area is 113 Å². The number of alkyl halides is 3. The zero-order chi connectivity index (χ0) is 15.6. The highest BCUT2D eigenvalue weighted by Crippen LogP contribution is 2.25. The first-order chi connectivity index (χ1) is 9.01. The molecule has 0 amide bonds. The molecule has 0 aliphatic carbocycles. The van der Waals surface area contributed by atoms with Crippen molar-refractivity contribution in [2.24, 2.45) is 0 Å². The Bertz CT molecular complexity index is 521. The van der Waals surface area contributed by atoms with Crippen molar-refractivity contribution in [3.63, 3.8) is 0 Å². The van der Waals surface area contributed by atoms with Crippen LogP contribution in [-0.2, 0) is 9.53 Å². The molecule has 0 saturated carbocycles. The van der Waals surface area contributed by atoms with E-state index in [4.69, 9.17) is 4.74 Å². The Kier molecular flexibility index (Phi) is 4.42. The van der Waals surface area contributed by atoms with Crippen LogP contribution in [0.5, 0.6) is 5.75 Å². The van der Waals surface area contributed by atoms with Crippen molar-refractivity contribution in [1.82, 2.24) is 0 Å². The van der Waals surface area contributed by atoms with E-state index in [0.717, 1.165) is 19.1 Å². The number of esters is 1. The molecule has 0 spiro atoms. The Morgan fingerprint density at radius 2 is 1.75 bits per heavy atom. The molecule has 0 bridgehead atoms. The average molecular weight is 290 g/mol. The number of rotatable bonds is 4. The van der Waals surface area contributed by atoms with Crippen LogP contribution >= 0.6 is 0 Å². The second kappa shape index (κ2) is 5.52. The SMILES string of the molecule is CC(=O)OC(C)(C)C(=O)c1cccc(OC(F)(F)F)c1. The zero-order valence-electron chi connectivity index (χ0n) is 11.1. The van der Waals surface area contributed by atoms with E-state index >= 15 is 0 Å². The van der Waals surface area contributed by atoms with Gasteiger partial charge in [0.25, 0.3) is 0 Å². The quantitative estimate of drug-likeness (QED) is 0.631. The Morgan fingerprint density at radius 1 is 1.15 bits per heavy atom. The molecule has 1 aromatic carbocycles. The van der Waals surface area contributed by atoms with Gasteiger partial charge in [-0.05, 0) is 26.0 Å². The van der Waals surface area contributed by atoms with Crippen molar-refractivity contribution >= 4 is 11.8 Å². The summed E-state index contributed by atoms with van der Waals surface area (Å²) < 4.78 is 44.9. The predicted molar refractivity (Wildman–Crippen MR) is 63.3 cm³/mol. The molecular weight excluding hydrogens is 277 g/mol. The summed E-state index contributed by atoms with van der Waals surface area (Å²) in [6.45, 7) is 3.85. The Hall–Kier alpha value is -2.05. The summed E-state index contributed by atoms with van der Waals surface area (Å²) >= 11 is 0. The summed E-state index contributed by atoms with van der Waals surface area (Å²) in [5.41, 5.74) is -1.51. The van der Waals surface area contributed by atoms with Crippen molar-refractivity contribution in [2.75, 3.05) is 0 Å². The van der Waals surface area contributed by atoms with Crippen LogP contribution < -0.4 is 4.74 Å². The molecule has 1 aromatic rings. The Balaban J connectivity index is 3.00. The van der Waals surface area contributed by atoms with Crippen molar-refractivity contribution in [2.45, 2.75) is 32.7 Å². The van der Waals surface area contributed by atoms with Gasteiger partial charge in [-0.1, -0.05) is 12.1 Å². The van der Waals surface area contributed by atoms with Crippen LogP contribution in [-0.4, -0.2) is 23.7 Å². The molecule has 0 aliphatic heterocycles. The lowest BCUT2D eigenvalue weighted by Crippen LogP contribution is -2.36. The lowest BCUT2D eigenvalue weighted by Gasteiger charge is -2.23. The summed E-state index contributed by atoms with van der Waals surface area (Å²) in [4.78, 5) is 23.0. The van der Waals surface area contributed by atoms with Gasteiger partial charge in [0, 0.05) is 12.5 Å². The summed E-state index contributed by atoms with van der Waals surface area (Å²) in [6, 6.07) is 4.58. The minimum atomic E-state index is -4.84. The maximum absolute atomic E-state index is 12.1. The third-order valence-electron chi connectivity index (χ3n) is 2.28. The number of ether oxygens (including phenoxy) is 2. The van der Waals surface area contributed by atoms with Crippen LogP contribution in [0.15, 0.2) is 24.3 Å². The number of benzene rings is 1. The number of Topliss-reactive ketones (excluding diaryl/α,β-unsaturated/α-hetero) is 1. The minimum Gasteiger partial charge on any atom is -0.451 e. The zero-order valence-corrected chi connectivity index (χ0v) is 11.1. The molecule has 0 N–H and O–H groups in total. The fourth-order valence-electron chi connectivity index (χ4n) is 1.59. The first-order valence-corrected chi connectivity index (χ1v) is 5.61. The topological polar surface area (TPSA) is 52.6 Å². The van der Waals surface area contributed by atoms with Gasteiger partial charge in [-0.3, -0.25) is 9.59 Å². The molecule has 0 atom stereocenters. The number of halogens is 3. The molecule has 0 unspecified atom stereocenters. The molecule has 4 nitrogen and oxygen atoms in total. The van der Waals surface area contributed by atoms with E-state index < -0.39 is 29.5 Å². The van der Waals surface area contributed by atoms with Gasteiger partial charge in [-0.15, -0.1) is 13.2 Å². The van der Waals surface area contributed by atoms with E-state index in [9.17, 15) is 22.8 Å². The molecule has 0 aliphatic rings. The van der Waals surface area contributed by atoms with Crippen LogP contribution in [0.2, 0.25) is 0 Å². The second-order valence-electron chi connectivity index (χ2n) is 4.51. The van der Waals surface area contributed by atoms with Gasteiger partial charge in [0.05, 0.1) is 0 Å². The number of hydrogen-bond acceptors (Lipinski definition) is 4. The lowest BCUT2D eigenvalue weighted by atomic mass is 9.96. The largest absolute Gasteiger partial charge is 0.573 e. The van der Waals surface area contributed by atoms with Crippen molar-refractivity contribution in [3.8, 4) is 5.75 Å². The van der Waals surface area contributed by atoms with Crippen LogP contribution in [0, 0.1) is 0 Å². The maximum Gasteiger partial charge on any atom is 0.573 e. The predicted octanol–water partition coefficient (Wildman–Crippen LogP) is 3.11. The van der Waals surface area contributed by atoms with Gasteiger partial charge >= 0.3 is 12.3 Å². The Morgan fingerprint density at radius 3 is 2.25 bits per heavy atom. The molecule has 1 rings (SSSR count). The normalized spacial score (nSPS) is 11.9. The van der Waals surface area contributed by atoms with Gasteiger partial charge in [0.2, 0.25) is 5.78 Å². The molecule has 7 heteroatoms. The molecular formula is C13H13F3O4. The highest BCUT2D eigenvalue weighted by molar-refractivity contribution is 6.03. The van der Waals surface area contributed by atoms with Crippen LogP contribution in [0.1, 0.15) is 31.1 Å². The smallest absolute Gasteiger partial charge is 0.451 e. The van der Waals surface area contributed by atoms with Gasteiger partial charge in [0.15, 0.2) is 5.60 Å². The fraction of sp³-hybridized carbons (Fsp3) is 0.385. The molecule has 0 saturated heterocycles. The third-order valence-corrected chi connectivity index (χ3v) is 2.28. The summed E-state index contributed by atoms with van der Waals surface area (Å²) in [6.07, 6.45) is -4.84. The molecule has 0 radical (unpaired) electrons. The lowest BCUT2D eigenvalue weighted by molar-refractivity contribution is -0.274. The maximum atomic E-state index is 12.1. The third kappa shape index (κ3) is 4.56. The molecule has 110 valence electrons. The van der Waals surface area contributed by atoms with Gasteiger partial charge in [-0.2, -0.15) is 0 Å². The fourth-order valence-corrected chi connectivity index (χ4v) is 1.59. The standard InChI is InChI=1S/C13H13F3O4/c1-8(17)19-12(2,3)11(18)9-5-4-6-10(7-9)20-13(14,15)16/h4-7H,1-3H3. The van der Waals surface area contributed by atoms with E-state index in [1.165, 1.54) is 26.0 Å². The molecule has 20 heavy (non-hydrogen) atoms. The monoisotopic (exact) mass is 290 g/mol. The number of carbonyl (C=O) groups excluding carboxylic acids is 2. The minimum absolute atomic E-state index is 0.0435. The highest BCUT2D eigenvalue weighted by atomic mass is 19.4. The first kappa shape index (κ1) is 16.0. The molecule has 0 aromatic heterocycles. The summed E-state index contributed by atoms with van der Waals surface area (Å²) in [5.74, 6) is -1.80. The van der Waals surface area contributed by atoms with Crippen molar-refractivity contribution in [3.05, 3.63) is 29.8 Å². The van der Waals surface area contributed by atoms with Gasteiger partial charge in [-0.25, -0.2) is 0 Å². The van der Waals surface area contributed by atoms with Gasteiger partial charge < -0.3 is 9.47 Å². The first-order valence-electron chi connectivity index (χ1n) is 5.61. The molecule has 0 heterocycles. The van der Waals surface area contributed by atoms with E-state index in [2.05, 4.69) is 4.74 Å². The number of hydrogen-bond donors (Lipinski definition) is 0. The van der Waals surface area contributed by atoms with E-state index in [1.54, 1.807) is 0 Å². The summed E-state index contributed by atoms with van der Waals surface area (Å²) in [5, 5.41) is 0. The van der Waals surface area contributed by atoms with Crippen LogP contribution in [0.3, 0.4) is 0 Å². The van der Waals surface area contributed by atoms with E-state index in [1.807, 2.05) is 0 Å². The highest BCUT2D eigenvalue weighted by Gasteiger charge is 2.34. The average Bonchev–Trinajstić information content (AvgIpc) is 2.24.